The molecule has 0 radical (unpaired) electrons. The minimum atomic E-state index is -1.37. The quantitative estimate of drug-likeness (QED) is 0.406. The number of carbonyl (C=O) groups is 1. The lowest BCUT2D eigenvalue weighted by atomic mass is 10.2. The first-order chi connectivity index (χ1) is 8.52. The number of hydrogen-bond acceptors (Lipinski definition) is 3. The van der Waals surface area contributed by atoms with E-state index < -0.39 is 16.5 Å². The SMILES string of the molecule is CCOC(=O)/C=C(\CC)CN([Si](C)(C)C)[Si](C)(C)C. The lowest BCUT2D eigenvalue weighted by Crippen LogP contribution is -2.59. The third-order valence-corrected chi connectivity index (χ3v) is 10.6. The Morgan fingerprint density at radius 2 is 1.53 bits per heavy atom. The van der Waals surface area contributed by atoms with Crippen molar-refractivity contribution in [2.24, 2.45) is 0 Å². The molecule has 0 aliphatic heterocycles. The fourth-order valence-corrected chi connectivity index (χ4v) is 11.7. The van der Waals surface area contributed by atoms with E-state index in [-0.39, 0.29) is 5.97 Å². The maximum absolute atomic E-state index is 11.6. The van der Waals surface area contributed by atoms with Crippen molar-refractivity contribution in [3.8, 4) is 0 Å². The normalized spacial score (nSPS) is 13.8. The van der Waals surface area contributed by atoms with Gasteiger partial charge in [-0.25, -0.2) is 4.79 Å². The molecule has 0 saturated carbocycles. The van der Waals surface area contributed by atoms with Gasteiger partial charge in [0.25, 0.3) is 0 Å². The van der Waals surface area contributed by atoms with Crippen molar-refractivity contribution in [2.75, 3.05) is 13.2 Å². The highest BCUT2D eigenvalue weighted by Crippen LogP contribution is 2.22. The molecule has 0 rings (SSSR count). The molecule has 0 fully saturated rings. The zero-order chi connectivity index (χ0) is 15.3. The molecule has 0 N–H and O–H groups in total. The first-order valence-electron chi connectivity index (χ1n) is 7.16. The summed E-state index contributed by atoms with van der Waals surface area (Å²) in [6, 6.07) is 0. The van der Waals surface area contributed by atoms with Gasteiger partial charge in [-0.05, 0) is 13.3 Å². The zero-order valence-electron chi connectivity index (χ0n) is 14.0. The van der Waals surface area contributed by atoms with Crippen molar-refractivity contribution in [1.82, 2.24) is 4.23 Å². The highest BCUT2D eigenvalue weighted by molar-refractivity contribution is 6.89. The average molecular weight is 302 g/mol. The van der Waals surface area contributed by atoms with Crippen molar-refractivity contribution in [3.05, 3.63) is 11.6 Å². The molecule has 0 aromatic heterocycles. The van der Waals surface area contributed by atoms with Crippen LogP contribution in [-0.4, -0.2) is 39.8 Å². The topological polar surface area (TPSA) is 29.5 Å². The van der Waals surface area contributed by atoms with Gasteiger partial charge in [0.05, 0.1) is 6.61 Å². The smallest absolute Gasteiger partial charge is 0.330 e. The van der Waals surface area contributed by atoms with Crippen LogP contribution >= 0.6 is 0 Å². The molecule has 0 atom stereocenters. The molecule has 0 spiro atoms. The molecule has 0 aliphatic rings. The van der Waals surface area contributed by atoms with Crippen molar-refractivity contribution < 1.29 is 9.53 Å². The lowest BCUT2D eigenvalue weighted by Gasteiger charge is -2.44. The number of hydrogen-bond donors (Lipinski definition) is 0. The minimum Gasteiger partial charge on any atom is -0.463 e. The van der Waals surface area contributed by atoms with Gasteiger partial charge in [-0.2, -0.15) is 0 Å². The van der Waals surface area contributed by atoms with E-state index in [2.05, 4.69) is 50.4 Å². The fraction of sp³-hybridized carbons (Fsp3) is 0.786. The Morgan fingerprint density at radius 3 is 1.84 bits per heavy atom. The second-order valence-electron chi connectivity index (χ2n) is 6.84. The first kappa shape index (κ1) is 18.6. The molecule has 0 heterocycles. The Morgan fingerprint density at radius 1 is 1.05 bits per heavy atom. The van der Waals surface area contributed by atoms with E-state index in [9.17, 15) is 4.79 Å². The van der Waals surface area contributed by atoms with Crippen LogP contribution < -0.4 is 0 Å². The van der Waals surface area contributed by atoms with Crippen LogP contribution in [0.2, 0.25) is 39.3 Å². The van der Waals surface area contributed by atoms with Crippen LogP contribution in [-0.2, 0) is 9.53 Å². The Labute approximate surface area is 121 Å². The van der Waals surface area contributed by atoms with Crippen molar-refractivity contribution in [2.45, 2.75) is 59.6 Å². The molecule has 0 unspecified atom stereocenters. The Kier molecular flexibility index (Phi) is 7.25. The van der Waals surface area contributed by atoms with Gasteiger partial charge < -0.3 is 8.97 Å². The second-order valence-corrected chi connectivity index (χ2v) is 17.0. The number of carbonyl (C=O) groups excluding carboxylic acids is 1. The molecular weight excluding hydrogens is 270 g/mol. The fourth-order valence-electron chi connectivity index (χ4n) is 2.29. The van der Waals surface area contributed by atoms with Crippen LogP contribution in [0.3, 0.4) is 0 Å². The van der Waals surface area contributed by atoms with Gasteiger partial charge in [-0.3, -0.25) is 0 Å². The third kappa shape index (κ3) is 7.08. The highest BCUT2D eigenvalue weighted by atomic mass is 28.4. The van der Waals surface area contributed by atoms with Gasteiger partial charge in [0.15, 0.2) is 0 Å². The molecule has 19 heavy (non-hydrogen) atoms. The largest absolute Gasteiger partial charge is 0.463 e. The van der Waals surface area contributed by atoms with E-state index in [1.807, 2.05) is 6.92 Å². The van der Waals surface area contributed by atoms with Crippen LogP contribution in [0, 0.1) is 0 Å². The van der Waals surface area contributed by atoms with E-state index in [0.29, 0.717) is 6.61 Å². The van der Waals surface area contributed by atoms with Crippen molar-refractivity contribution >= 4 is 22.4 Å². The molecule has 5 heteroatoms. The molecule has 0 aromatic rings. The summed E-state index contributed by atoms with van der Waals surface area (Å²) < 4.78 is 7.70. The second kappa shape index (κ2) is 7.40. The predicted octanol–water partition coefficient (Wildman–Crippen LogP) is 3.86. The van der Waals surface area contributed by atoms with Crippen LogP contribution in [0.15, 0.2) is 11.6 Å². The minimum absolute atomic E-state index is 0.203. The monoisotopic (exact) mass is 301 g/mol. The van der Waals surface area contributed by atoms with E-state index in [1.165, 1.54) is 5.57 Å². The summed E-state index contributed by atoms with van der Waals surface area (Å²) in [7, 11) is -2.74. The van der Waals surface area contributed by atoms with E-state index in [4.69, 9.17) is 4.74 Å². The standard InChI is InChI=1S/C14H31NO2Si2/c1-9-13(11-14(16)17-10-2)12-15(18(3,4)5)19(6,7)8/h11H,9-10,12H2,1-8H3/b13-11+. The lowest BCUT2D eigenvalue weighted by molar-refractivity contribution is -0.137. The molecular formula is C14H31NO2Si2. The zero-order valence-corrected chi connectivity index (χ0v) is 16.0. The Bertz CT molecular complexity index is 313. The van der Waals surface area contributed by atoms with Gasteiger partial charge in [0.2, 0.25) is 0 Å². The molecule has 0 saturated heterocycles. The Hall–Kier alpha value is -0.396. The maximum atomic E-state index is 11.6. The van der Waals surface area contributed by atoms with Gasteiger partial charge in [-0.15, -0.1) is 0 Å². The van der Waals surface area contributed by atoms with Gasteiger partial charge in [0.1, 0.15) is 16.5 Å². The number of nitrogens with zero attached hydrogens (tertiary/aromatic N) is 1. The average Bonchev–Trinajstić information content (AvgIpc) is 2.20. The third-order valence-electron chi connectivity index (χ3n) is 3.04. The summed E-state index contributed by atoms with van der Waals surface area (Å²) in [4.78, 5) is 11.6. The first-order valence-corrected chi connectivity index (χ1v) is 14.1. The summed E-state index contributed by atoms with van der Waals surface area (Å²) in [6.45, 7) is 19.6. The Balaban J connectivity index is 5.06. The number of esters is 1. The van der Waals surface area contributed by atoms with Gasteiger partial charge >= 0.3 is 5.97 Å². The molecule has 0 aromatic carbocycles. The van der Waals surface area contributed by atoms with Crippen LogP contribution in [0.5, 0.6) is 0 Å². The van der Waals surface area contributed by atoms with Crippen LogP contribution in [0.1, 0.15) is 20.3 Å². The molecule has 112 valence electrons. The summed E-state index contributed by atoms with van der Waals surface area (Å²) in [6.07, 6.45) is 2.60. The van der Waals surface area contributed by atoms with E-state index >= 15 is 0 Å². The summed E-state index contributed by atoms with van der Waals surface area (Å²) in [5.74, 6) is -0.203. The van der Waals surface area contributed by atoms with Crippen molar-refractivity contribution in [3.63, 3.8) is 0 Å². The van der Waals surface area contributed by atoms with Crippen LogP contribution in [0.4, 0.5) is 0 Å². The van der Waals surface area contributed by atoms with E-state index in [0.717, 1.165) is 13.0 Å². The number of ether oxygens (including phenoxy) is 1. The maximum Gasteiger partial charge on any atom is 0.330 e. The summed E-state index contributed by atoms with van der Waals surface area (Å²) in [5, 5.41) is 0. The van der Waals surface area contributed by atoms with Crippen molar-refractivity contribution in [1.29, 1.82) is 0 Å². The molecule has 0 aliphatic carbocycles. The molecule has 0 bridgehead atoms. The molecule has 0 amide bonds. The predicted molar refractivity (Wildman–Crippen MR) is 88.4 cm³/mol. The van der Waals surface area contributed by atoms with Gasteiger partial charge in [-0.1, -0.05) is 51.8 Å². The summed E-state index contributed by atoms with van der Waals surface area (Å²) in [5.41, 5.74) is 1.18. The van der Waals surface area contributed by atoms with E-state index in [1.54, 1.807) is 6.08 Å². The van der Waals surface area contributed by atoms with Gasteiger partial charge in [0, 0.05) is 12.6 Å². The number of rotatable bonds is 7. The van der Waals surface area contributed by atoms with Crippen LogP contribution in [0.25, 0.3) is 0 Å². The molecule has 3 nitrogen and oxygen atoms in total. The summed E-state index contributed by atoms with van der Waals surface area (Å²) >= 11 is 0. The highest BCUT2D eigenvalue weighted by Gasteiger charge is 2.34.